The molecule has 4 atom stereocenters. The van der Waals surface area contributed by atoms with Gasteiger partial charge in [-0.05, 0) is 102 Å². The monoisotopic (exact) mass is 1220 g/mol. The molecule has 4 aromatic carbocycles. The van der Waals surface area contributed by atoms with Crippen molar-refractivity contribution in [1.29, 1.82) is 0 Å². The van der Waals surface area contributed by atoms with Crippen LogP contribution < -0.4 is 18.9 Å². The van der Waals surface area contributed by atoms with Crippen LogP contribution in [-0.2, 0) is 44.1 Å². The number of benzene rings is 4. The summed E-state index contributed by atoms with van der Waals surface area (Å²) in [4.78, 5) is 23.9. The minimum absolute atomic E-state index is 0.143. The highest BCUT2D eigenvalue weighted by Gasteiger charge is 2.56. The van der Waals surface area contributed by atoms with Gasteiger partial charge in [0.2, 0.25) is 0 Å². The fourth-order valence-corrected chi connectivity index (χ4v) is 12.4. The Hall–Kier alpha value is -5.15. The predicted octanol–water partition coefficient (Wildman–Crippen LogP) is 15.7. The summed E-state index contributed by atoms with van der Waals surface area (Å²) < 4.78 is 133. The van der Waals surface area contributed by atoms with E-state index in [-0.39, 0.29) is 61.2 Å². The molecule has 84 heavy (non-hydrogen) atoms. The van der Waals surface area contributed by atoms with E-state index in [4.69, 9.17) is 42.1 Å². The summed E-state index contributed by atoms with van der Waals surface area (Å²) in [5, 5.41) is 0. The van der Waals surface area contributed by atoms with Gasteiger partial charge in [-0.15, -0.1) is 0 Å². The van der Waals surface area contributed by atoms with Crippen LogP contribution in [0.25, 0.3) is 0 Å². The summed E-state index contributed by atoms with van der Waals surface area (Å²) in [5.74, 6) is -0.760. The maximum absolute atomic E-state index is 13.0. The van der Waals surface area contributed by atoms with E-state index in [1.165, 1.54) is 26.0 Å². The molecule has 2 heterocycles. The van der Waals surface area contributed by atoms with Gasteiger partial charge in [-0.3, -0.25) is 4.18 Å². The van der Waals surface area contributed by atoms with Crippen molar-refractivity contribution >= 4 is 33.8 Å². The van der Waals surface area contributed by atoms with Crippen LogP contribution in [0.4, 0.5) is 22.0 Å². The number of halogens is 5. The van der Waals surface area contributed by atoms with E-state index in [0.29, 0.717) is 41.6 Å². The molecular formula is C64H87F5O13S2. The molecule has 0 bridgehead atoms. The van der Waals surface area contributed by atoms with Crippen molar-refractivity contribution in [1.82, 2.24) is 0 Å². The van der Waals surface area contributed by atoms with Crippen LogP contribution in [0.15, 0.2) is 84.9 Å². The Morgan fingerprint density at radius 1 is 0.560 bits per heavy atom. The van der Waals surface area contributed by atoms with Gasteiger partial charge in [-0.1, -0.05) is 127 Å². The number of hydrogen-bond acceptors (Lipinski definition) is 14. The molecule has 0 amide bonds. The van der Waals surface area contributed by atoms with Crippen molar-refractivity contribution in [2.45, 2.75) is 164 Å². The Bertz CT molecular complexity index is 2730. The van der Waals surface area contributed by atoms with Gasteiger partial charge in [0, 0.05) is 55.4 Å². The van der Waals surface area contributed by atoms with Crippen molar-refractivity contribution in [3.05, 3.63) is 118 Å². The van der Waals surface area contributed by atoms with Crippen molar-refractivity contribution in [3.8, 4) is 23.0 Å². The van der Waals surface area contributed by atoms with E-state index < -0.39 is 28.6 Å². The molecule has 0 saturated carbocycles. The lowest BCUT2D eigenvalue weighted by molar-refractivity contribution is -0.284. The predicted molar refractivity (Wildman–Crippen MR) is 317 cm³/mol. The fraction of sp³-hybridized carbons (Fsp3) is 0.594. The molecule has 20 heteroatoms. The molecular weight excluding hydrogens is 1140 g/mol. The number of alkyl halides is 5. The molecule has 2 aliphatic rings. The number of thioether (sulfide) groups is 1. The van der Waals surface area contributed by atoms with Crippen LogP contribution in [-0.4, -0.2) is 112 Å². The Kier molecular flexibility index (Phi) is 28.4. The first kappa shape index (κ1) is 69.6. The third-order valence-electron chi connectivity index (χ3n) is 15.8. The van der Waals surface area contributed by atoms with Crippen LogP contribution in [0.1, 0.15) is 184 Å². The second-order valence-electron chi connectivity index (χ2n) is 22.1. The lowest BCUT2D eigenvalue weighted by atomic mass is 9.66. The molecule has 0 unspecified atom stereocenters. The highest BCUT2D eigenvalue weighted by atomic mass is 32.2. The van der Waals surface area contributed by atoms with Crippen LogP contribution >= 0.6 is 11.8 Å². The quantitative estimate of drug-likeness (QED) is 0.0141. The number of fused-ring (bicyclic) bond motifs is 2. The summed E-state index contributed by atoms with van der Waals surface area (Å²) in [6, 6.07) is 27.2. The van der Waals surface area contributed by atoms with Crippen molar-refractivity contribution in [2.24, 2.45) is 0 Å². The van der Waals surface area contributed by atoms with Crippen molar-refractivity contribution < 1.29 is 82.0 Å². The summed E-state index contributed by atoms with van der Waals surface area (Å²) in [6.45, 7) is 6.05. The zero-order valence-corrected chi connectivity index (χ0v) is 51.6. The highest BCUT2D eigenvalue weighted by molar-refractivity contribution is 7.99. The molecule has 468 valence electrons. The average Bonchev–Trinajstić information content (AvgIpc) is 0.977. The van der Waals surface area contributed by atoms with E-state index in [1.807, 2.05) is 60.7 Å². The van der Waals surface area contributed by atoms with Crippen LogP contribution in [0.5, 0.6) is 23.0 Å². The van der Waals surface area contributed by atoms with Crippen LogP contribution in [0.3, 0.4) is 0 Å². The van der Waals surface area contributed by atoms with Crippen LogP contribution in [0, 0.1) is 0 Å². The fourth-order valence-electron chi connectivity index (χ4n) is 11.0. The second kappa shape index (κ2) is 34.3. The number of unbranched alkanes of at least 4 members (excludes halogenated alkanes) is 12. The van der Waals surface area contributed by atoms with Gasteiger partial charge < -0.3 is 37.9 Å². The van der Waals surface area contributed by atoms with Gasteiger partial charge in [0.25, 0.3) is 10.1 Å². The number of ether oxygens (including phenoxy) is 8. The van der Waals surface area contributed by atoms with Crippen LogP contribution in [0.2, 0.25) is 0 Å². The van der Waals surface area contributed by atoms with Crippen molar-refractivity contribution in [2.75, 3.05) is 79.6 Å². The van der Waals surface area contributed by atoms with Crippen molar-refractivity contribution in [3.63, 3.8) is 0 Å². The number of carbonyl (C=O) groups is 2. The molecule has 0 saturated heterocycles. The number of esters is 2. The molecule has 0 radical (unpaired) electrons. The lowest BCUT2D eigenvalue weighted by Gasteiger charge is -2.43. The van der Waals surface area contributed by atoms with E-state index in [9.17, 15) is 40.0 Å². The first-order valence-corrected chi connectivity index (χ1v) is 32.1. The topological polar surface area (TPSA) is 151 Å². The summed E-state index contributed by atoms with van der Waals surface area (Å²) in [6.07, 6.45) is 10.9. The molecule has 0 fully saturated rings. The second-order valence-corrected chi connectivity index (χ2v) is 25.0. The van der Waals surface area contributed by atoms with E-state index in [0.717, 1.165) is 148 Å². The number of methoxy groups -OCH3 is 4. The molecule has 13 nitrogen and oxygen atoms in total. The van der Waals surface area contributed by atoms with Gasteiger partial charge in [0.05, 0.1) is 51.4 Å². The smallest absolute Gasteiger partial charge is 0.453 e. The van der Waals surface area contributed by atoms with E-state index in [1.54, 1.807) is 26.4 Å². The number of carbonyl (C=O) groups excluding carboxylic acids is 2. The molecule has 0 N–H and O–H groups in total. The minimum atomic E-state index is -5.46. The maximum Gasteiger partial charge on any atom is 0.453 e. The number of hydrogen-bond donors (Lipinski definition) is 0. The van der Waals surface area contributed by atoms with Gasteiger partial charge in [0.15, 0.2) is 13.6 Å². The molecule has 0 aliphatic carbocycles. The third-order valence-corrected chi connectivity index (χ3v) is 17.6. The Morgan fingerprint density at radius 3 is 1.35 bits per heavy atom. The first-order chi connectivity index (χ1) is 40.1. The third kappa shape index (κ3) is 21.1. The lowest BCUT2D eigenvalue weighted by Crippen LogP contribution is -2.40. The molecule has 2 aliphatic heterocycles. The minimum Gasteiger partial charge on any atom is -0.492 e. The maximum atomic E-state index is 13.0. The Morgan fingerprint density at radius 2 is 0.952 bits per heavy atom. The van der Waals surface area contributed by atoms with Gasteiger partial charge in [-0.25, -0.2) is 9.59 Å². The molecule has 0 aromatic heterocycles. The van der Waals surface area contributed by atoms with Gasteiger partial charge in [-0.2, -0.15) is 42.1 Å². The van der Waals surface area contributed by atoms with Gasteiger partial charge in [0.1, 0.15) is 23.0 Å². The average molecular weight is 1220 g/mol. The first-order valence-electron chi connectivity index (χ1n) is 29.1. The summed E-state index contributed by atoms with van der Waals surface area (Å²) in [5.41, 5.74) is 4.97. The standard InChI is InChI=1S/C34H45F5O5S.C30H42O8S/c1-32(26-15-13-25(14-16-26)31(40)42-3)23-43-30-22-27(44-24-41-2)17-18-28(30)29(32)12-9-7-5-4-6-8-10-20-45-21-11-19-33(35,36)34(37,38)39;1-30(24-15-13-23(14-16-24)29(31)35-3)21-36-28-20-25(37-22-34-2)17-18-26(28)27(30)12-10-8-6-5-7-9-11-19-38-39(4,32)33/h13-18,22,29H,4-12,19-21,23-24H2,1-3H3;13-18,20,27H,5-12,19,21-22H2,1-4H3/t29-,32-;27-,30-/m11/s1. The summed E-state index contributed by atoms with van der Waals surface area (Å²) >= 11 is 1.44. The molecule has 6 rings (SSSR count). The summed E-state index contributed by atoms with van der Waals surface area (Å²) in [7, 11) is 2.57. The zero-order valence-electron chi connectivity index (χ0n) is 49.9. The highest BCUT2D eigenvalue weighted by Crippen LogP contribution is 2.51. The zero-order chi connectivity index (χ0) is 61.2. The number of rotatable bonds is 35. The van der Waals surface area contributed by atoms with E-state index >= 15 is 0 Å². The van der Waals surface area contributed by atoms with E-state index in [2.05, 4.69) is 26.0 Å². The Balaban J connectivity index is 0.000000310. The SMILES string of the molecule is COCOc1ccc2c(c1)OC[C@](C)(c1ccc(C(=O)OC)cc1)[C@@H]2CCCCCCCCCOS(C)(=O)=O.COCOc1ccc2c(c1)OC[C@](C)(c1ccc(C(=O)OC)cc1)[C@@H]2CCCCCCCCCSCCCC(F)(F)C(F)(F)F. The Labute approximate surface area is 498 Å². The van der Waals surface area contributed by atoms with Gasteiger partial charge >= 0.3 is 24.0 Å². The normalized spacial score (nSPS) is 18.5. The largest absolute Gasteiger partial charge is 0.492 e. The molecule has 4 aromatic rings. The molecule has 0 spiro atoms.